The van der Waals surface area contributed by atoms with Crippen molar-refractivity contribution in [1.82, 2.24) is 0 Å². The second kappa shape index (κ2) is 2.84. The molecule has 1 rings (SSSR count). The van der Waals surface area contributed by atoms with Crippen LogP contribution in [0.15, 0.2) is 11.4 Å². The molecule has 0 saturated heterocycles. The van der Waals surface area contributed by atoms with Crippen LogP contribution in [0, 0.1) is 5.41 Å². The van der Waals surface area contributed by atoms with Gasteiger partial charge in [0.2, 0.25) is 0 Å². The van der Waals surface area contributed by atoms with Crippen LogP contribution < -0.4 is 5.73 Å². The second-order valence-corrected chi connectivity index (χ2v) is 3.06. The summed E-state index contributed by atoms with van der Waals surface area (Å²) in [6.07, 6.45) is 1.03. The Labute approximate surface area is 64.2 Å². The molecule has 0 amide bonds. The minimum atomic E-state index is 0.163. The lowest BCUT2D eigenvalue weighted by molar-refractivity contribution is 1.18. The van der Waals surface area contributed by atoms with E-state index in [9.17, 15) is 0 Å². The van der Waals surface area contributed by atoms with Crippen molar-refractivity contribution in [1.29, 1.82) is 5.41 Å². The fourth-order valence-corrected chi connectivity index (χ4v) is 1.54. The van der Waals surface area contributed by atoms with E-state index in [1.54, 1.807) is 11.3 Å². The largest absolute Gasteiger partial charge is 0.384 e. The maximum absolute atomic E-state index is 7.11. The van der Waals surface area contributed by atoms with Crippen LogP contribution in [0.5, 0.6) is 0 Å². The van der Waals surface area contributed by atoms with E-state index in [2.05, 4.69) is 6.92 Å². The van der Waals surface area contributed by atoms with E-state index in [-0.39, 0.29) is 5.84 Å². The summed E-state index contributed by atoms with van der Waals surface area (Å²) in [6, 6.07) is 1.97. The van der Waals surface area contributed by atoms with Gasteiger partial charge in [-0.2, -0.15) is 0 Å². The van der Waals surface area contributed by atoms with Crippen LogP contribution in [0.25, 0.3) is 0 Å². The Balaban J connectivity index is 2.88. The van der Waals surface area contributed by atoms with Gasteiger partial charge >= 0.3 is 0 Å². The molecule has 1 aromatic rings. The summed E-state index contributed by atoms with van der Waals surface area (Å²) in [5, 5.41) is 9.03. The van der Waals surface area contributed by atoms with E-state index in [4.69, 9.17) is 11.1 Å². The molecule has 0 aliphatic carbocycles. The lowest BCUT2D eigenvalue weighted by atomic mass is 10.3. The lowest BCUT2D eigenvalue weighted by Gasteiger charge is -1.87. The molecule has 0 saturated carbocycles. The van der Waals surface area contributed by atoms with Crippen LogP contribution in [0.2, 0.25) is 0 Å². The topological polar surface area (TPSA) is 49.9 Å². The highest BCUT2D eigenvalue weighted by atomic mass is 32.1. The summed E-state index contributed by atoms with van der Waals surface area (Å²) in [4.78, 5) is 1.28. The Morgan fingerprint density at radius 3 is 2.80 bits per heavy atom. The van der Waals surface area contributed by atoms with E-state index in [0.29, 0.717) is 0 Å². The van der Waals surface area contributed by atoms with E-state index in [0.717, 1.165) is 12.0 Å². The van der Waals surface area contributed by atoms with Gasteiger partial charge in [-0.3, -0.25) is 5.41 Å². The zero-order valence-corrected chi connectivity index (χ0v) is 6.66. The Morgan fingerprint density at radius 1 is 1.80 bits per heavy atom. The Hall–Kier alpha value is -0.830. The molecule has 3 heteroatoms. The summed E-state index contributed by atoms with van der Waals surface area (Å²) in [5.74, 6) is 0.163. The number of nitrogens with one attached hydrogen (secondary N) is 1. The van der Waals surface area contributed by atoms with Crippen LogP contribution in [0.3, 0.4) is 0 Å². The van der Waals surface area contributed by atoms with Gasteiger partial charge in [-0.1, -0.05) is 6.92 Å². The number of aryl methyl sites for hydroxylation is 1. The van der Waals surface area contributed by atoms with Crippen LogP contribution in [-0.4, -0.2) is 5.84 Å². The quantitative estimate of drug-likeness (QED) is 0.493. The monoisotopic (exact) mass is 154 g/mol. The summed E-state index contributed by atoms with van der Waals surface area (Å²) in [7, 11) is 0. The average Bonchev–Trinajstić information content (AvgIpc) is 2.34. The molecule has 2 nitrogen and oxygen atoms in total. The molecule has 0 aliphatic heterocycles. The molecule has 0 aliphatic rings. The molecule has 0 atom stereocenters. The summed E-state index contributed by atoms with van der Waals surface area (Å²) >= 11 is 1.66. The van der Waals surface area contributed by atoms with E-state index in [1.165, 1.54) is 4.88 Å². The highest BCUT2D eigenvalue weighted by molar-refractivity contribution is 7.10. The molecule has 54 valence electrons. The van der Waals surface area contributed by atoms with Crippen molar-refractivity contribution < 1.29 is 0 Å². The van der Waals surface area contributed by atoms with Gasteiger partial charge in [-0.05, 0) is 12.5 Å². The smallest absolute Gasteiger partial charge is 0.123 e. The van der Waals surface area contributed by atoms with Gasteiger partial charge in [0.05, 0.1) is 0 Å². The fourth-order valence-electron chi connectivity index (χ4n) is 0.707. The molecule has 0 aromatic carbocycles. The van der Waals surface area contributed by atoms with Crippen LogP contribution in [0.1, 0.15) is 17.4 Å². The molecular weight excluding hydrogens is 144 g/mol. The van der Waals surface area contributed by atoms with Gasteiger partial charge < -0.3 is 5.73 Å². The molecule has 0 unspecified atom stereocenters. The van der Waals surface area contributed by atoms with Gasteiger partial charge in [0.1, 0.15) is 5.84 Å². The van der Waals surface area contributed by atoms with Crippen molar-refractivity contribution in [2.75, 3.05) is 0 Å². The third kappa shape index (κ3) is 1.36. The number of amidine groups is 1. The number of hydrogen-bond acceptors (Lipinski definition) is 2. The van der Waals surface area contributed by atoms with Crippen molar-refractivity contribution in [3.05, 3.63) is 21.9 Å². The molecule has 0 spiro atoms. The Bertz CT molecular complexity index is 240. The molecule has 0 radical (unpaired) electrons. The van der Waals surface area contributed by atoms with Gasteiger partial charge in [0, 0.05) is 15.8 Å². The van der Waals surface area contributed by atoms with Gasteiger partial charge in [0.15, 0.2) is 0 Å². The molecular formula is C7H10N2S. The van der Waals surface area contributed by atoms with Crippen LogP contribution >= 0.6 is 11.3 Å². The standard InChI is InChI=1S/C7H10N2S/c1-2-6-3-5(4-10-6)7(8)9/h3-4H,2H2,1H3,(H3,8,9). The van der Waals surface area contributed by atoms with Crippen LogP contribution in [-0.2, 0) is 6.42 Å². The van der Waals surface area contributed by atoms with Crippen molar-refractivity contribution in [2.45, 2.75) is 13.3 Å². The predicted molar refractivity (Wildman–Crippen MR) is 44.7 cm³/mol. The van der Waals surface area contributed by atoms with Crippen LogP contribution in [0.4, 0.5) is 0 Å². The lowest BCUT2D eigenvalue weighted by Crippen LogP contribution is -2.09. The number of hydrogen-bond donors (Lipinski definition) is 2. The fraction of sp³-hybridized carbons (Fsp3) is 0.286. The number of rotatable bonds is 2. The molecule has 1 heterocycles. The second-order valence-electron chi connectivity index (χ2n) is 2.07. The first-order valence-corrected chi connectivity index (χ1v) is 4.03. The summed E-state index contributed by atoms with van der Waals surface area (Å²) in [6.45, 7) is 2.09. The first kappa shape index (κ1) is 7.28. The average molecular weight is 154 g/mol. The highest BCUT2D eigenvalue weighted by Gasteiger charge is 1.98. The molecule has 0 fully saturated rings. The number of nitrogens with two attached hydrogens (primary N) is 1. The number of thiophene rings is 1. The van der Waals surface area contributed by atoms with E-state index in [1.807, 2.05) is 11.4 Å². The minimum absolute atomic E-state index is 0.163. The summed E-state index contributed by atoms with van der Waals surface area (Å²) in [5.41, 5.74) is 6.12. The normalized spacial score (nSPS) is 9.70. The SMILES string of the molecule is CCc1cc(C(=N)N)cs1. The van der Waals surface area contributed by atoms with Crippen molar-refractivity contribution >= 4 is 17.2 Å². The van der Waals surface area contributed by atoms with Crippen molar-refractivity contribution in [2.24, 2.45) is 5.73 Å². The zero-order chi connectivity index (χ0) is 7.56. The maximum atomic E-state index is 7.11. The number of nitrogen functional groups attached to an aromatic ring is 1. The Morgan fingerprint density at radius 2 is 2.50 bits per heavy atom. The first-order valence-electron chi connectivity index (χ1n) is 3.16. The van der Waals surface area contributed by atoms with E-state index < -0.39 is 0 Å². The van der Waals surface area contributed by atoms with Crippen molar-refractivity contribution in [3.63, 3.8) is 0 Å². The summed E-state index contributed by atoms with van der Waals surface area (Å²) < 4.78 is 0. The third-order valence-electron chi connectivity index (χ3n) is 1.31. The van der Waals surface area contributed by atoms with Gasteiger partial charge in [0.25, 0.3) is 0 Å². The minimum Gasteiger partial charge on any atom is -0.384 e. The Kier molecular flexibility index (Phi) is 2.06. The van der Waals surface area contributed by atoms with Gasteiger partial charge in [-0.25, -0.2) is 0 Å². The van der Waals surface area contributed by atoms with E-state index >= 15 is 0 Å². The van der Waals surface area contributed by atoms with Crippen molar-refractivity contribution in [3.8, 4) is 0 Å². The molecule has 1 aromatic heterocycles. The molecule has 0 bridgehead atoms. The van der Waals surface area contributed by atoms with Gasteiger partial charge in [-0.15, -0.1) is 11.3 Å². The zero-order valence-electron chi connectivity index (χ0n) is 5.85. The predicted octanol–water partition coefficient (Wildman–Crippen LogP) is 1.59. The third-order valence-corrected chi connectivity index (χ3v) is 2.39. The molecule has 10 heavy (non-hydrogen) atoms. The maximum Gasteiger partial charge on any atom is 0.123 e. The molecule has 3 N–H and O–H groups in total. The highest BCUT2D eigenvalue weighted by Crippen LogP contribution is 2.13. The first-order chi connectivity index (χ1) is 4.74.